The van der Waals surface area contributed by atoms with Gasteiger partial charge in [-0.05, 0) is 26.0 Å². The number of aromatic nitrogens is 1. The Labute approximate surface area is 125 Å². The third kappa shape index (κ3) is 4.44. The zero-order chi connectivity index (χ0) is 16.4. The van der Waals surface area contributed by atoms with Crippen molar-refractivity contribution in [2.24, 2.45) is 5.73 Å². The van der Waals surface area contributed by atoms with Crippen molar-refractivity contribution < 1.29 is 14.7 Å². The molecule has 0 atom stereocenters. The molecule has 0 unspecified atom stereocenters. The number of amides is 1. The number of nitrogens with two attached hydrogens (primary N) is 1. The Morgan fingerprint density at radius 1 is 1.33 bits per heavy atom. The number of anilines is 1. The number of rotatable bonds is 5. The van der Waals surface area contributed by atoms with E-state index in [1.54, 1.807) is 11.0 Å². The number of hydrogen-bond acceptors (Lipinski definition) is 4. The van der Waals surface area contributed by atoms with Crippen molar-refractivity contribution in [2.45, 2.75) is 46.1 Å². The molecular weight excluding hydrogens is 270 g/mol. The Balaban J connectivity index is 3.42. The lowest BCUT2D eigenvalue weighted by molar-refractivity contribution is -0.116. The highest BCUT2D eigenvalue weighted by molar-refractivity contribution is 5.89. The van der Waals surface area contributed by atoms with E-state index in [2.05, 4.69) is 4.98 Å². The Hall–Kier alpha value is -2.11. The standard InChI is InChI=1S/C15H23N3O3/c1-9(2)18(8-12(16)19)13-7-10(14(20)21)6-11(17-13)15(3,4)5/h6-7,9H,8H2,1-5H3,(H2,16,19)(H,20,21). The average molecular weight is 293 g/mol. The SMILES string of the molecule is CC(C)N(CC(N)=O)c1cc(C(=O)O)cc(C(C)(C)C)n1. The maximum Gasteiger partial charge on any atom is 0.335 e. The summed E-state index contributed by atoms with van der Waals surface area (Å²) in [7, 11) is 0. The predicted molar refractivity (Wildman–Crippen MR) is 81.6 cm³/mol. The van der Waals surface area contributed by atoms with Crippen LogP contribution in [0.25, 0.3) is 0 Å². The molecule has 0 aliphatic carbocycles. The zero-order valence-electron chi connectivity index (χ0n) is 13.2. The molecule has 0 aliphatic rings. The fraction of sp³-hybridized carbons (Fsp3) is 0.533. The molecule has 116 valence electrons. The third-order valence-corrected chi connectivity index (χ3v) is 3.07. The molecule has 1 aromatic rings. The van der Waals surface area contributed by atoms with Crippen LogP contribution >= 0.6 is 0 Å². The lowest BCUT2D eigenvalue weighted by Gasteiger charge is -2.28. The molecule has 0 aromatic carbocycles. The van der Waals surface area contributed by atoms with Crippen LogP contribution in [0.1, 0.15) is 50.7 Å². The molecule has 0 saturated carbocycles. The molecular formula is C15H23N3O3. The van der Waals surface area contributed by atoms with E-state index in [0.717, 1.165) is 0 Å². The molecule has 1 amide bonds. The van der Waals surface area contributed by atoms with Crippen molar-refractivity contribution in [3.8, 4) is 0 Å². The first-order valence-electron chi connectivity index (χ1n) is 6.83. The van der Waals surface area contributed by atoms with Gasteiger partial charge < -0.3 is 15.7 Å². The summed E-state index contributed by atoms with van der Waals surface area (Å²) in [5, 5.41) is 9.26. The largest absolute Gasteiger partial charge is 0.478 e. The van der Waals surface area contributed by atoms with E-state index >= 15 is 0 Å². The van der Waals surface area contributed by atoms with Crippen molar-refractivity contribution >= 4 is 17.7 Å². The van der Waals surface area contributed by atoms with Gasteiger partial charge in [0.25, 0.3) is 0 Å². The molecule has 6 heteroatoms. The van der Waals surface area contributed by atoms with Gasteiger partial charge in [-0.1, -0.05) is 20.8 Å². The number of primary amides is 1. The highest BCUT2D eigenvalue weighted by Crippen LogP contribution is 2.25. The van der Waals surface area contributed by atoms with Crippen LogP contribution in [0, 0.1) is 0 Å². The summed E-state index contributed by atoms with van der Waals surface area (Å²) in [6, 6.07) is 3.01. The minimum atomic E-state index is -1.02. The Morgan fingerprint density at radius 3 is 2.29 bits per heavy atom. The number of pyridine rings is 1. The van der Waals surface area contributed by atoms with Crippen LogP contribution in [0.2, 0.25) is 0 Å². The number of carbonyl (C=O) groups is 2. The second-order valence-electron chi connectivity index (χ2n) is 6.34. The lowest BCUT2D eigenvalue weighted by Crippen LogP contribution is -2.39. The molecule has 0 spiro atoms. The summed E-state index contributed by atoms with van der Waals surface area (Å²) >= 11 is 0. The van der Waals surface area contributed by atoms with E-state index in [1.165, 1.54) is 6.07 Å². The van der Waals surface area contributed by atoms with Crippen molar-refractivity contribution in [3.05, 3.63) is 23.4 Å². The van der Waals surface area contributed by atoms with E-state index in [9.17, 15) is 14.7 Å². The van der Waals surface area contributed by atoms with Gasteiger partial charge in [0.2, 0.25) is 5.91 Å². The maximum absolute atomic E-state index is 11.3. The number of hydrogen-bond donors (Lipinski definition) is 2. The summed E-state index contributed by atoms with van der Waals surface area (Å²) < 4.78 is 0. The number of carboxylic acids is 1. The highest BCUT2D eigenvalue weighted by atomic mass is 16.4. The quantitative estimate of drug-likeness (QED) is 0.862. The van der Waals surface area contributed by atoms with Crippen LogP contribution in [0.15, 0.2) is 12.1 Å². The molecule has 3 N–H and O–H groups in total. The van der Waals surface area contributed by atoms with Crippen LogP contribution < -0.4 is 10.6 Å². The van der Waals surface area contributed by atoms with E-state index in [0.29, 0.717) is 11.5 Å². The van der Waals surface area contributed by atoms with Gasteiger partial charge in [0.1, 0.15) is 5.82 Å². The molecule has 1 rings (SSSR count). The van der Waals surface area contributed by atoms with E-state index < -0.39 is 11.9 Å². The van der Waals surface area contributed by atoms with Crippen LogP contribution in [-0.4, -0.2) is 34.6 Å². The third-order valence-electron chi connectivity index (χ3n) is 3.07. The van der Waals surface area contributed by atoms with Gasteiger partial charge in [-0.25, -0.2) is 9.78 Å². The summed E-state index contributed by atoms with van der Waals surface area (Å²) in [6.07, 6.45) is 0. The first-order chi connectivity index (χ1) is 9.52. The Kier molecular flexibility index (Phi) is 4.93. The summed E-state index contributed by atoms with van der Waals surface area (Å²) in [4.78, 5) is 28.7. The van der Waals surface area contributed by atoms with Crippen molar-refractivity contribution in [1.29, 1.82) is 0 Å². The fourth-order valence-corrected chi connectivity index (χ4v) is 1.87. The van der Waals surface area contributed by atoms with Gasteiger partial charge in [-0.3, -0.25) is 4.79 Å². The minimum Gasteiger partial charge on any atom is -0.478 e. The number of aromatic carboxylic acids is 1. The van der Waals surface area contributed by atoms with Crippen LogP contribution in [-0.2, 0) is 10.2 Å². The van der Waals surface area contributed by atoms with Crippen LogP contribution in [0.3, 0.4) is 0 Å². The van der Waals surface area contributed by atoms with Crippen LogP contribution in [0.5, 0.6) is 0 Å². The molecule has 0 saturated heterocycles. The van der Waals surface area contributed by atoms with Gasteiger partial charge in [0.15, 0.2) is 0 Å². The van der Waals surface area contributed by atoms with E-state index in [4.69, 9.17) is 5.73 Å². The summed E-state index contributed by atoms with van der Waals surface area (Å²) in [5.41, 5.74) is 5.78. The first-order valence-corrected chi connectivity index (χ1v) is 6.83. The average Bonchev–Trinajstić information content (AvgIpc) is 2.33. The number of carbonyl (C=O) groups excluding carboxylic acids is 1. The second kappa shape index (κ2) is 6.11. The van der Waals surface area contributed by atoms with Gasteiger partial charge >= 0.3 is 5.97 Å². The highest BCUT2D eigenvalue weighted by Gasteiger charge is 2.22. The van der Waals surface area contributed by atoms with Crippen molar-refractivity contribution in [3.63, 3.8) is 0 Å². The van der Waals surface area contributed by atoms with E-state index in [-0.39, 0.29) is 23.6 Å². The molecule has 0 radical (unpaired) electrons. The number of nitrogens with zero attached hydrogens (tertiary/aromatic N) is 2. The predicted octanol–water partition coefficient (Wildman–Crippen LogP) is 1.78. The summed E-state index contributed by atoms with van der Waals surface area (Å²) in [5.74, 6) is -1.05. The summed E-state index contributed by atoms with van der Waals surface area (Å²) in [6.45, 7) is 9.66. The molecule has 6 nitrogen and oxygen atoms in total. The minimum absolute atomic E-state index is 0.00266. The number of carboxylic acid groups (broad SMARTS) is 1. The molecule has 21 heavy (non-hydrogen) atoms. The molecule has 1 heterocycles. The second-order valence-corrected chi connectivity index (χ2v) is 6.34. The van der Waals surface area contributed by atoms with Crippen LogP contribution in [0.4, 0.5) is 5.82 Å². The Bertz CT molecular complexity index is 548. The normalized spacial score (nSPS) is 11.5. The molecule has 1 aromatic heterocycles. The fourth-order valence-electron chi connectivity index (χ4n) is 1.87. The van der Waals surface area contributed by atoms with Gasteiger partial charge in [-0.15, -0.1) is 0 Å². The topological polar surface area (TPSA) is 96.5 Å². The monoisotopic (exact) mass is 293 g/mol. The van der Waals surface area contributed by atoms with Gasteiger partial charge in [0.05, 0.1) is 12.1 Å². The van der Waals surface area contributed by atoms with E-state index in [1.807, 2.05) is 34.6 Å². The Morgan fingerprint density at radius 2 is 1.90 bits per heavy atom. The van der Waals surface area contributed by atoms with Crippen molar-refractivity contribution in [2.75, 3.05) is 11.4 Å². The first kappa shape index (κ1) is 16.9. The van der Waals surface area contributed by atoms with Gasteiger partial charge in [0, 0.05) is 17.2 Å². The lowest BCUT2D eigenvalue weighted by atomic mass is 9.90. The molecule has 0 fully saturated rings. The molecule has 0 aliphatic heterocycles. The maximum atomic E-state index is 11.3. The zero-order valence-corrected chi connectivity index (χ0v) is 13.2. The van der Waals surface area contributed by atoms with Gasteiger partial charge in [-0.2, -0.15) is 0 Å². The van der Waals surface area contributed by atoms with Crippen molar-refractivity contribution in [1.82, 2.24) is 4.98 Å². The smallest absolute Gasteiger partial charge is 0.335 e. The molecule has 0 bridgehead atoms.